The molecule has 0 amide bonds. The first-order valence-electron chi connectivity index (χ1n) is 5.90. The van der Waals surface area contributed by atoms with E-state index in [0.717, 1.165) is 16.4 Å². The summed E-state index contributed by atoms with van der Waals surface area (Å²) in [6, 6.07) is 3.24. The average Bonchev–Trinajstić information content (AvgIpc) is 2.88. The van der Waals surface area contributed by atoms with Crippen molar-refractivity contribution in [2.75, 3.05) is 6.54 Å². The van der Waals surface area contributed by atoms with Crippen molar-refractivity contribution in [3.8, 4) is 0 Å². The van der Waals surface area contributed by atoms with Gasteiger partial charge in [-0.25, -0.2) is 13.2 Å². The van der Waals surface area contributed by atoms with E-state index in [1.165, 1.54) is 12.1 Å². The van der Waals surface area contributed by atoms with Gasteiger partial charge in [0.1, 0.15) is 11.2 Å². The van der Waals surface area contributed by atoms with E-state index in [1.807, 2.05) is 0 Å². The number of halogens is 1. The molecule has 1 aromatic carbocycles. The summed E-state index contributed by atoms with van der Waals surface area (Å²) < 4.78 is 26.0. The number of hydrogen-bond acceptors (Lipinski definition) is 6. The maximum Gasteiger partial charge on any atom is 0.289 e. The molecule has 0 aliphatic carbocycles. The van der Waals surface area contributed by atoms with Gasteiger partial charge in [0.05, 0.1) is 9.82 Å². The first-order valence-corrected chi connectivity index (χ1v) is 7.72. The number of nitro groups is 1. The van der Waals surface area contributed by atoms with E-state index in [2.05, 4.69) is 4.99 Å². The molecule has 0 saturated carbocycles. The fourth-order valence-corrected chi connectivity index (χ4v) is 3.92. The van der Waals surface area contributed by atoms with Crippen molar-refractivity contribution in [2.45, 2.75) is 23.9 Å². The molecule has 8 nitrogen and oxygen atoms in total. The first kappa shape index (κ1) is 15.6. The number of nitrogens with zero attached hydrogens (tertiary/aromatic N) is 3. The van der Waals surface area contributed by atoms with Gasteiger partial charge in [-0.15, -0.1) is 0 Å². The number of carbonyl (C=O) groups excluding carboxylic acids is 1. The molecule has 1 aliphatic rings. The van der Waals surface area contributed by atoms with E-state index < -0.39 is 26.8 Å². The summed E-state index contributed by atoms with van der Waals surface area (Å²) in [6.07, 6.45) is 1.48. The van der Waals surface area contributed by atoms with Crippen LogP contribution >= 0.6 is 11.6 Å². The predicted octanol–water partition coefficient (Wildman–Crippen LogP) is 1.69. The summed E-state index contributed by atoms with van der Waals surface area (Å²) in [4.78, 5) is 23.6. The number of sulfonamides is 1. The number of isocyanates is 1. The number of nitro benzene ring substituents is 1. The Morgan fingerprint density at radius 2 is 2.19 bits per heavy atom. The summed E-state index contributed by atoms with van der Waals surface area (Å²) in [5, 5.41) is 10.7. The van der Waals surface area contributed by atoms with Crippen LogP contribution < -0.4 is 0 Å². The van der Waals surface area contributed by atoms with E-state index in [-0.39, 0.29) is 16.5 Å². The van der Waals surface area contributed by atoms with Crippen molar-refractivity contribution >= 4 is 33.4 Å². The molecule has 1 aliphatic heterocycles. The van der Waals surface area contributed by atoms with Gasteiger partial charge in [0.25, 0.3) is 5.69 Å². The molecule has 1 unspecified atom stereocenters. The molecule has 1 fully saturated rings. The topological polar surface area (TPSA) is 110 Å². The van der Waals surface area contributed by atoms with Crippen LogP contribution in [0.3, 0.4) is 0 Å². The summed E-state index contributed by atoms with van der Waals surface area (Å²) in [5.41, 5.74) is -0.493. The lowest BCUT2D eigenvalue weighted by Crippen LogP contribution is -2.34. The zero-order valence-corrected chi connectivity index (χ0v) is 12.2. The molecular weight excluding hydrogens is 322 g/mol. The van der Waals surface area contributed by atoms with Crippen molar-refractivity contribution in [3.05, 3.63) is 33.3 Å². The van der Waals surface area contributed by atoms with E-state index in [4.69, 9.17) is 11.6 Å². The van der Waals surface area contributed by atoms with Crippen LogP contribution in [0.25, 0.3) is 0 Å². The minimum absolute atomic E-state index is 0.150. The van der Waals surface area contributed by atoms with Crippen LogP contribution in [0.2, 0.25) is 5.02 Å². The van der Waals surface area contributed by atoms with E-state index in [0.29, 0.717) is 12.8 Å². The summed E-state index contributed by atoms with van der Waals surface area (Å²) in [5.74, 6) is 0. The fraction of sp³-hybridized carbons (Fsp3) is 0.364. The largest absolute Gasteiger partial charge is 0.289 e. The normalized spacial score (nSPS) is 19.2. The molecular formula is C11H10ClN3O5S. The van der Waals surface area contributed by atoms with Crippen molar-refractivity contribution in [2.24, 2.45) is 4.99 Å². The molecule has 0 bridgehead atoms. The lowest BCUT2D eigenvalue weighted by Gasteiger charge is -2.19. The lowest BCUT2D eigenvalue weighted by atomic mass is 10.3. The molecule has 0 radical (unpaired) electrons. The van der Waals surface area contributed by atoms with Gasteiger partial charge in [-0.3, -0.25) is 10.1 Å². The van der Waals surface area contributed by atoms with E-state index in [9.17, 15) is 23.3 Å². The summed E-state index contributed by atoms with van der Waals surface area (Å²) in [7, 11) is -3.99. The zero-order valence-electron chi connectivity index (χ0n) is 10.6. The molecule has 0 spiro atoms. The van der Waals surface area contributed by atoms with E-state index >= 15 is 0 Å². The van der Waals surface area contributed by atoms with Crippen LogP contribution in [0.4, 0.5) is 5.69 Å². The van der Waals surface area contributed by atoms with Crippen LogP contribution in [0.1, 0.15) is 12.8 Å². The minimum atomic E-state index is -3.99. The molecule has 10 heteroatoms. The summed E-state index contributed by atoms with van der Waals surface area (Å²) in [6.45, 7) is 0.189. The van der Waals surface area contributed by atoms with Crippen molar-refractivity contribution < 1.29 is 18.1 Å². The smallest absolute Gasteiger partial charge is 0.258 e. The van der Waals surface area contributed by atoms with Crippen LogP contribution in [0.5, 0.6) is 0 Å². The summed E-state index contributed by atoms with van der Waals surface area (Å²) >= 11 is 5.66. The Balaban J connectivity index is 2.47. The third kappa shape index (κ3) is 2.96. The molecule has 2 rings (SSSR count). The monoisotopic (exact) mass is 331 g/mol. The number of benzene rings is 1. The molecule has 1 aromatic rings. The minimum Gasteiger partial charge on any atom is -0.258 e. The van der Waals surface area contributed by atoms with Gasteiger partial charge in [-0.2, -0.15) is 9.30 Å². The lowest BCUT2D eigenvalue weighted by molar-refractivity contribution is -0.384. The van der Waals surface area contributed by atoms with Gasteiger partial charge in [0, 0.05) is 12.6 Å². The Bertz CT molecular complexity index is 729. The van der Waals surface area contributed by atoms with Gasteiger partial charge < -0.3 is 0 Å². The van der Waals surface area contributed by atoms with Crippen molar-refractivity contribution in [1.29, 1.82) is 0 Å². The Morgan fingerprint density at radius 3 is 2.81 bits per heavy atom. The van der Waals surface area contributed by atoms with Gasteiger partial charge in [-0.1, -0.05) is 11.6 Å². The maximum absolute atomic E-state index is 12.5. The molecule has 0 aromatic heterocycles. The van der Waals surface area contributed by atoms with Gasteiger partial charge in [-0.05, 0) is 25.0 Å². The van der Waals surface area contributed by atoms with Crippen LogP contribution in [0.15, 0.2) is 28.1 Å². The van der Waals surface area contributed by atoms with Gasteiger partial charge in [0.2, 0.25) is 16.1 Å². The predicted molar refractivity (Wildman–Crippen MR) is 73.1 cm³/mol. The fourth-order valence-electron chi connectivity index (χ4n) is 2.12. The third-order valence-electron chi connectivity index (χ3n) is 3.10. The van der Waals surface area contributed by atoms with Crippen molar-refractivity contribution in [1.82, 2.24) is 4.31 Å². The SMILES string of the molecule is O=C=NC1CCCN1S(=O)(=O)c1ccc(Cl)c([N+](=O)[O-])c1. The number of aliphatic imine (C=N–C) groups is 1. The molecule has 112 valence electrons. The Hall–Kier alpha value is -1.80. The first-order chi connectivity index (χ1) is 9.87. The molecule has 0 N–H and O–H groups in total. The molecule has 1 heterocycles. The number of rotatable bonds is 4. The van der Waals surface area contributed by atoms with Crippen LogP contribution in [0, 0.1) is 10.1 Å². The van der Waals surface area contributed by atoms with Gasteiger partial charge >= 0.3 is 0 Å². The molecule has 21 heavy (non-hydrogen) atoms. The zero-order chi connectivity index (χ0) is 15.6. The molecule has 1 atom stereocenters. The highest BCUT2D eigenvalue weighted by Crippen LogP contribution is 2.31. The second-order valence-electron chi connectivity index (χ2n) is 4.33. The Morgan fingerprint density at radius 1 is 1.48 bits per heavy atom. The van der Waals surface area contributed by atoms with Crippen molar-refractivity contribution in [3.63, 3.8) is 0 Å². The second-order valence-corrected chi connectivity index (χ2v) is 6.63. The number of hydrogen-bond donors (Lipinski definition) is 0. The van der Waals surface area contributed by atoms with Crippen LogP contribution in [-0.4, -0.2) is 36.4 Å². The Labute approximate surface area is 125 Å². The van der Waals surface area contributed by atoms with Gasteiger partial charge in [0.15, 0.2) is 0 Å². The standard InChI is InChI=1S/C11H10ClN3O5S/c12-9-4-3-8(6-10(9)15(17)18)21(19,20)14-5-1-2-11(14)13-7-16/h3-4,6,11H,1-2,5H2. The highest BCUT2D eigenvalue weighted by Gasteiger charge is 2.36. The van der Waals surface area contributed by atoms with E-state index in [1.54, 1.807) is 0 Å². The maximum atomic E-state index is 12.5. The van der Waals surface area contributed by atoms with Crippen LogP contribution in [-0.2, 0) is 14.8 Å². The Kier molecular flexibility index (Phi) is 4.38. The average molecular weight is 332 g/mol. The second kappa shape index (κ2) is 5.90. The third-order valence-corrected chi connectivity index (χ3v) is 5.31. The highest BCUT2D eigenvalue weighted by molar-refractivity contribution is 7.89. The quantitative estimate of drug-likeness (QED) is 0.361. The molecule has 1 saturated heterocycles. The highest BCUT2D eigenvalue weighted by atomic mass is 35.5.